The van der Waals surface area contributed by atoms with Crippen LogP contribution in [-0.2, 0) is 19.1 Å². The number of carbonyl (C=O) groups is 3. The van der Waals surface area contributed by atoms with Gasteiger partial charge in [0.1, 0.15) is 17.7 Å². The second-order valence-electron chi connectivity index (χ2n) is 4.44. The Morgan fingerprint density at radius 2 is 2.14 bits per heavy atom. The van der Waals surface area contributed by atoms with Crippen LogP contribution in [0.1, 0.15) is 12.8 Å². The lowest BCUT2D eigenvalue weighted by atomic mass is 10.2. The summed E-state index contributed by atoms with van der Waals surface area (Å²) in [5.74, 6) is -3.33. The quantitative estimate of drug-likeness (QED) is 0.802. The Kier molecular flexibility index (Phi) is 4.46. The minimum atomic E-state index is -0.808. The zero-order valence-corrected chi connectivity index (χ0v) is 10.8. The minimum Gasteiger partial charge on any atom is -0.454 e. The van der Waals surface area contributed by atoms with E-state index in [2.05, 4.69) is 10.6 Å². The lowest BCUT2D eigenvalue weighted by Gasteiger charge is -2.10. The van der Waals surface area contributed by atoms with Crippen molar-refractivity contribution in [2.45, 2.75) is 18.9 Å². The summed E-state index contributed by atoms with van der Waals surface area (Å²) in [6, 6.07) is 1.82. The van der Waals surface area contributed by atoms with Gasteiger partial charge in [-0.25, -0.2) is 13.6 Å². The largest absolute Gasteiger partial charge is 0.454 e. The van der Waals surface area contributed by atoms with Crippen LogP contribution in [0.25, 0.3) is 0 Å². The number of ether oxygens (including phenoxy) is 1. The van der Waals surface area contributed by atoms with Crippen molar-refractivity contribution in [3.8, 4) is 0 Å². The third kappa shape index (κ3) is 3.98. The first-order valence-corrected chi connectivity index (χ1v) is 6.16. The maximum atomic E-state index is 13.3. The number of carbonyl (C=O) groups excluding carboxylic acids is 3. The van der Waals surface area contributed by atoms with Crippen LogP contribution >= 0.6 is 0 Å². The summed E-state index contributed by atoms with van der Waals surface area (Å²) in [4.78, 5) is 33.9. The number of nitrogens with one attached hydrogen (secondary N) is 2. The molecular weight excluding hydrogens is 286 g/mol. The molecule has 112 valence electrons. The van der Waals surface area contributed by atoms with Crippen LogP contribution < -0.4 is 10.6 Å². The standard InChI is InChI=1S/C13H12F2N2O4/c14-7-1-2-8(15)10(5-7)17-12(19)6-21-13(20)9-3-4-11(18)16-9/h1-2,5,9H,3-4,6H2,(H,16,18)(H,17,19)/t9-/m0/s1. The summed E-state index contributed by atoms with van der Waals surface area (Å²) < 4.78 is 30.9. The fourth-order valence-corrected chi connectivity index (χ4v) is 1.81. The number of rotatable bonds is 4. The summed E-state index contributed by atoms with van der Waals surface area (Å²) in [5, 5.41) is 4.48. The number of esters is 1. The summed E-state index contributed by atoms with van der Waals surface area (Å²) in [7, 11) is 0. The van der Waals surface area contributed by atoms with Gasteiger partial charge in [-0.3, -0.25) is 9.59 Å². The highest BCUT2D eigenvalue weighted by molar-refractivity contribution is 5.94. The molecule has 1 saturated heterocycles. The Hall–Kier alpha value is -2.51. The van der Waals surface area contributed by atoms with Crippen LogP contribution in [0.3, 0.4) is 0 Å². The molecule has 1 heterocycles. The van der Waals surface area contributed by atoms with Crippen LogP contribution in [0.5, 0.6) is 0 Å². The number of amides is 2. The van der Waals surface area contributed by atoms with Crippen LogP contribution in [0.4, 0.5) is 14.5 Å². The molecule has 2 amide bonds. The number of benzene rings is 1. The molecule has 1 aromatic rings. The van der Waals surface area contributed by atoms with E-state index in [-0.39, 0.29) is 18.0 Å². The molecule has 0 bridgehead atoms. The van der Waals surface area contributed by atoms with E-state index in [4.69, 9.17) is 4.74 Å². The maximum absolute atomic E-state index is 13.3. The van der Waals surface area contributed by atoms with E-state index in [9.17, 15) is 23.2 Å². The molecule has 0 spiro atoms. The molecule has 0 aromatic heterocycles. The number of hydrogen-bond donors (Lipinski definition) is 2. The van der Waals surface area contributed by atoms with E-state index in [0.29, 0.717) is 6.42 Å². The van der Waals surface area contributed by atoms with Gasteiger partial charge in [-0.05, 0) is 18.6 Å². The molecule has 0 radical (unpaired) electrons. The van der Waals surface area contributed by atoms with E-state index < -0.39 is 36.2 Å². The van der Waals surface area contributed by atoms with Gasteiger partial charge in [-0.1, -0.05) is 0 Å². The highest BCUT2D eigenvalue weighted by Gasteiger charge is 2.28. The highest BCUT2D eigenvalue weighted by Crippen LogP contribution is 2.15. The fourth-order valence-electron chi connectivity index (χ4n) is 1.81. The first-order chi connectivity index (χ1) is 9.95. The van der Waals surface area contributed by atoms with Crippen LogP contribution in [0.15, 0.2) is 18.2 Å². The fraction of sp³-hybridized carbons (Fsp3) is 0.308. The highest BCUT2D eigenvalue weighted by atomic mass is 19.1. The molecule has 8 heteroatoms. The number of halogens is 2. The van der Waals surface area contributed by atoms with E-state index in [1.807, 2.05) is 0 Å². The average Bonchev–Trinajstić information content (AvgIpc) is 2.87. The van der Waals surface area contributed by atoms with Gasteiger partial charge in [0, 0.05) is 12.5 Å². The van der Waals surface area contributed by atoms with Gasteiger partial charge in [0.25, 0.3) is 5.91 Å². The topological polar surface area (TPSA) is 84.5 Å². The van der Waals surface area contributed by atoms with E-state index in [1.54, 1.807) is 0 Å². The van der Waals surface area contributed by atoms with Gasteiger partial charge >= 0.3 is 5.97 Å². The predicted octanol–water partition coefficient (Wildman–Crippen LogP) is 0.725. The van der Waals surface area contributed by atoms with Crippen molar-refractivity contribution < 1.29 is 27.9 Å². The molecule has 1 aromatic carbocycles. The molecule has 1 atom stereocenters. The van der Waals surface area contributed by atoms with E-state index >= 15 is 0 Å². The Balaban J connectivity index is 1.83. The SMILES string of the molecule is O=C(COC(=O)[C@@H]1CCC(=O)N1)Nc1cc(F)ccc1F. The number of hydrogen-bond acceptors (Lipinski definition) is 4. The van der Waals surface area contributed by atoms with Gasteiger partial charge in [0.05, 0.1) is 5.69 Å². The Morgan fingerprint density at radius 3 is 2.81 bits per heavy atom. The predicted molar refractivity (Wildman–Crippen MR) is 67.1 cm³/mol. The number of anilines is 1. The van der Waals surface area contributed by atoms with Crippen LogP contribution in [0, 0.1) is 11.6 Å². The van der Waals surface area contributed by atoms with Crippen molar-refractivity contribution in [3.63, 3.8) is 0 Å². The third-order valence-corrected chi connectivity index (χ3v) is 2.83. The first kappa shape index (κ1) is 14.9. The van der Waals surface area contributed by atoms with E-state index in [0.717, 1.165) is 18.2 Å². The second-order valence-corrected chi connectivity index (χ2v) is 4.44. The monoisotopic (exact) mass is 298 g/mol. The van der Waals surface area contributed by atoms with Crippen molar-refractivity contribution in [2.75, 3.05) is 11.9 Å². The molecular formula is C13H12F2N2O4. The molecule has 6 nitrogen and oxygen atoms in total. The summed E-state index contributed by atoms with van der Waals surface area (Å²) >= 11 is 0. The Morgan fingerprint density at radius 1 is 1.38 bits per heavy atom. The van der Waals surface area contributed by atoms with Crippen molar-refractivity contribution >= 4 is 23.5 Å². The van der Waals surface area contributed by atoms with Gasteiger partial charge in [-0.15, -0.1) is 0 Å². The zero-order chi connectivity index (χ0) is 15.4. The zero-order valence-electron chi connectivity index (χ0n) is 10.8. The third-order valence-electron chi connectivity index (χ3n) is 2.83. The molecule has 1 aliphatic rings. The summed E-state index contributed by atoms with van der Waals surface area (Å²) in [5.41, 5.74) is -0.342. The van der Waals surface area contributed by atoms with Gasteiger partial charge < -0.3 is 15.4 Å². The molecule has 1 aliphatic heterocycles. The molecule has 0 saturated carbocycles. The van der Waals surface area contributed by atoms with Gasteiger partial charge in [-0.2, -0.15) is 0 Å². The maximum Gasteiger partial charge on any atom is 0.329 e. The van der Waals surface area contributed by atoms with Crippen molar-refractivity contribution in [1.82, 2.24) is 5.32 Å². The van der Waals surface area contributed by atoms with Crippen molar-refractivity contribution in [2.24, 2.45) is 0 Å². The lowest BCUT2D eigenvalue weighted by molar-refractivity contribution is -0.149. The molecule has 0 unspecified atom stereocenters. The second kappa shape index (κ2) is 6.29. The van der Waals surface area contributed by atoms with E-state index in [1.165, 1.54) is 0 Å². The van der Waals surface area contributed by atoms with Crippen molar-refractivity contribution in [3.05, 3.63) is 29.8 Å². The Bertz CT molecular complexity index is 592. The molecule has 2 N–H and O–H groups in total. The minimum absolute atomic E-state index is 0.223. The Labute approximate surface area is 118 Å². The molecule has 2 rings (SSSR count). The normalized spacial score (nSPS) is 17.2. The van der Waals surface area contributed by atoms with Gasteiger partial charge in [0.2, 0.25) is 5.91 Å². The molecule has 1 fully saturated rings. The smallest absolute Gasteiger partial charge is 0.329 e. The molecule has 0 aliphatic carbocycles. The lowest BCUT2D eigenvalue weighted by Crippen LogP contribution is -2.36. The average molecular weight is 298 g/mol. The van der Waals surface area contributed by atoms with Crippen molar-refractivity contribution in [1.29, 1.82) is 0 Å². The molecule has 21 heavy (non-hydrogen) atoms. The first-order valence-electron chi connectivity index (χ1n) is 6.16. The summed E-state index contributed by atoms with van der Waals surface area (Å²) in [6.45, 7) is -0.652. The van der Waals surface area contributed by atoms with Crippen LogP contribution in [0.2, 0.25) is 0 Å². The van der Waals surface area contributed by atoms with Gasteiger partial charge in [0.15, 0.2) is 6.61 Å². The van der Waals surface area contributed by atoms with Crippen LogP contribution in [-0.4, -0.2) is 30.4 Å². The summed E-state index contributed by atoms with van der Waals surface area (Å²) in [6.07, 6.45) is 0.526.